The molecule has 6 nitrogen and oxygen atoms in total. The quantitative estimate of drug-likeness (QED) is 0.674. The van der Waals surface area contributed by atoms with Gasteiger partial charge in [0.2, 0.25) is 6.79 Å². The van der Waals surface area contributed by atoms with E-state index < -0.39 is 0 Å². The van der Waals surface area contributed by atoms with E-state index >= 15 is 0 Å². The van der Waals surface area contributed by atoms with Crippen LogP contribution in [-0.4, -0.2) is 18.9 Å². The van der Waals surface area contributed by atoms with Crippen LogP contribution in [0.4, 0.5) is 0 Å². The first-order chi connectivity index (χ1) is 13.0. The van der Waals surface area contributed by atoms with E-state index in [0.717, 1.165) is 4.47 Å². The highest BCUT2D eigenvalue weighted by molar-refractivity contribution is 9.10. The number of nitrogens with two attached hydrogens (primary N) is 1. The van der Waals surface area contributed by atoms with Crippen LogP contribution in [0.5, 0.6) is 11.5 Å². The lowest BCUT2D eigenvalue weighted by Crippen LogP contribution is -2.23. The van der Waals surface area contributed by atoms with Gasteiger partial charge < -0.3 is 20.5 Å². The van der Waals surface area contributed by atoms with Crippen molar-refractivity contribution in [3.05, 3.63) is 75.5 Å². The van der Waals surface area contributed by atoms with Crippen molar-refractivity contribution in [1.82, 2.24) is 5.32 Å². The van der Waals surface area contributed by atoms with E-state index in [9.17, 15) is 4.79 Å². The number of benzene rings is 2. The molecule has 1 aliphatic heterocycles. The first-order valence-electron chi connectivity index (χ1n) is 7.80. The number of ether oxygens (including phenoxy) is 2. The zero-order valence-corrected chi connectivity index (χ0v) is 16.4. The van der Waals surface area contributed by atoms with Crippen LogP contribution in [-0.2, 0) is 0 Å². The lowest BCUT2D eigenvalue weighted by molar-refractivity contribution is 0.0968. The molecule has 0 saturated heterocycles. The number of carbonyl (C=O) groups excluding carboxylic acids is 1. The molecule has 0 aliphatic carbocycles. The molecule has 0 aromatic heterocycles. The molecule has 8 heteroatoms. The van der Waals surface area contributed by atoms with Gasteiger partial charge in [-0.15, -0.1) is 0 Å². The summed E-state index contributed by atoms with van der Waals surface area (Å²) < 4.78 is 11.4. The van der Waals surface area contributed by atoms with Crippen molar-refractivity contribution < 1.29 is 14.3 Å². The van der Waals surface area contributed by atoms with Crippen LogP contribution in [0.25, 0.3) is 5.70 Å². The van der Waals surface area contributed by atoms with Crippen molar-refractivity contribution in [3.8, 4) is 11.5 Å². The van der Waals surface area contributed by atoms with Crippen LogP contribution in [0.3, 0.4) is 0 Å². The van der Waals surface area contributed by atoms with Gasteiger partial charge in [0.05, 0.1) is 28.2 Å². The van der Waals surface area contributed by atoms with E-state index in [1.807, 2.05) is 0 Å². The molecule has 138 valence electrons. The van der Waals surface area contributed by atoms with E-state index in [1.54, 1.807) is 36.4 Å². The average molecular weight is 449 g/mol. The first-order valence-corrected chi connectivity index (χ1v) is 8.97. The summed E-state index contributed by atoms with van der Waals surface area (Å²) in [4.78, 5) is 16.6. The van der Waals surface area contributed by atoms with Crippen molar-refractivity contribution in [1.29, 1.82) is 0 Å². The highest BCUT2D eigenvalue weighted by Gasteiger charge is 2.18. The Labute approximate surface area is 169 Å². The minimum absolute atomic E-state index is 0.168. The Bertz CT molecular complexity index is 973. The van der Waals surface area contributed by atoms with Crippen molar-refractivity contribution in [2.75, 3.05) is 6.79 Å². The molecule has 27 heavy (non-hydrogen) atoms. The second-order valence-electron chi connectivity index (χ2n) is 5.45. The fourth-order valence-corrected chi connectivity index (χ4v) is 3.10. The Morgan fingerprint density at radius 3 is 2.67 bits per heavy atom. The van der Waals surface area contributed by atoms with Crippen molar-refractivity contribution in [2.24, 2.45) is 10.7 Å². The lowest BCUT2D eigenvalue weighted by atomic mass is 10.1. The molecular weight excluding hydrogens is 434 g/mol. The number of allylic oxidation sites excluding steroid dienone is 1. The van der Waals surface area contributed by atoms with Crippen LogP contribution in [0, 0.1) is 0 Å². The number of fused-ring (bicyclic) bond motifs is 1. The molecule has 3 rings (SSSR count). The van der Waals surface area contributed by atoms with E-state index in [2.05, 4.69) is 32.8 Å². The van der Waals surface area contributed by atoms with E-state index in [0.29, 0.717) is 33.3 Å². The molecule has 0 fully saturated rings. The highest BCUT2D eigenvalue weighted by Crippen LogP contribution is 2.39. The number of rotatable bonds is 5. The monoisotopic (exact) mass is 447 g/mol. The summed E-state index contributed by atoms with van der Waals surface area (Å²) in [5.74, 6) is 0.871. The van der Waals surface area contributed by atoms with Gasteiger partial charge in [-0.25, -0.2) is 0 Å². The highest BCUT2D eigenvalue weighted by atomic mass is 79.9. The maximum Gasteiger partial charge on any atom is 0.257 e. The molecule has 1 amide bonds. The summed E-state index contributed by atoms with van der Waals surface area (Å²) in [6.45, 7) is 3.95. The van der Waals surface area contributed by atoms with Gasteiger partial charge in [0.25, 0.3) is 5.91 Å². The number of carbonyl (C=O) groups is 1. The summed E-state index contributed by atoms with van der Waals surface area (Å²) in [5.41, 5.74) is 7.53. The van der Waals surface area contributed by atoms with E-state index in [1.165, 1.54) is 12.4 Å². The van der Waals surface area contributed by atoms with Gasteiger partial charge in [-0.05, 0) is 40.2 Å². The van der Waals surface area contributed by atoms with Gasteiger partial charge in [-0.2, -0.15) is 0 Å². The molecule has 0 atom stereocenters. The summed E-state index contributed by atoms with van der Waals surface area (Å²) in [5, 5.41) is 2.99. The summed E-state index contributed by atoms with van der Waals surface area (Å²) in [6.07, 6.45) is 2.76. The maximum atomic E-state index is 12.2. The zero-order chi connectivity index (χ0) is 19.4. The first kappa shape index (κ1) is 19.0. The largest absolute Gasteiger partial charge is 0.454 e. The Morgan fingerprint density at radius 2 is 1.96 bits per heavy atom. The van der Waals surface area contributed by atoms with Gasteiger partial charge in [-0.1, -0.05) is 30.3 Å². The molecule has 0 saturated carbocycles. The molecule has 1 aliphatic rings. The average Bonchev–Trinajstić information content (AvgIpc) is 3.09. The molecule has 1 heterocycles. The van der Waals surface area contributed by atoms with Crippen molar-refractivity contribution >= 4 is 45.3 Å². The standard InChI is InChI=1S/C19H15BrClN3O3/c1-11(24-19(25)12-4-2-3-5-15(12)21)9-23-16(8-22)13-6-17-18(7-14(13)20)27-10-26-17/h2-9H,1,10,22H2,(H,24,25)/b16-8-,23-9?. The van der Waals surface area contributed by atoms with Crippen LogP contribution >= 0.6 is 27.5 Å². The number of nitrogens with zero attached hydrogens (tertiary/aromatic N) is 1. The van der Waals surface area contributed by atoms with Gasteiger partial charge >= 0.3 is 0 Å². The molecule has 2 aromatic rings. The van der Waals surface area contributed by atoms with Gasteiger partial charge in [0, 0.05) is 16.2 Å². The van der Waals surface area contributed by atoms with Crippen LogP contribution in [0.1, 0.15) is 15.9 Å². The normalized spacial score (nSPS) is 13.0. The smallest absolute Gasteiger partial charge is 0.257 e. The zero-order valence-electron chi connectivity index (χ0n) is 14.0. The predicted molar refractivity (Wildman–Crippen MR) is 109 cm³/mol. The maximum absolute atomic E-state index is 12.2. The summed E-state index contributed by atoms with van der Waals surface area (Å²) >= 11 is 9.48. The molecule has 2 aromatic carbocycles. The topological polar surface area (TPSA) is 85.9 Å². The number of halogens is 2. The summed E-state index contributed by atoms with van der Waals surface area (Å²) in [7, 11) is 0. The second kappa shape index (κ2) is 8.28. The van der Waals surface area contributed by atoms with Crippen molar-refractivity contribution in [3.63, 3.8) is 0 Å². The van der Waals surface area contributed by atoms with E-state index in [-0.39, 0.29) is 18.4 Å². The molecule has 0 unspecified atom stereocenters. The predicted octanol–water partition coefficient (Wildman–Crippen LogP) is 4.10. The van der Waals surface area contributed by atoms with Crippen LogP contribution in [0.15, 0.2) is 64.3 Å². The number of nitrogens with one attached hydrogen (secondary N) is 1. The third-order valence-corrected chi connectivity index (χ3v) is 4.63. The van der Waals surface area contributed by atoms with Gasteiger partial charge in [0.15, 0.2) is 11.5 Å². The number of amides is 1. The van der Waals surface area contributed by atoms with Crippen molar-refractivity contribution in [2.45, 2.75) is 0 Å². The van der Waals surface area contributed by atoms with E-state index in [4.69, 9.17) is 26.8 Å². The minimum Gasteiger partial charge on any atom is -0.454 e. The number of hydrogen-bond donors (Lipinski definition) is 2. The Kier molecular flexibility index (Phi) is 5.83. The molecule has 3 N–H and O–H groups in total. The SMILES string of the molecule is C=C(C=N/C(=C\N)c1cc2c(cc1Br)OCO2)NC(=O)c1ccccc1Cl. The molecule has 0 radical (unpaired) electrons. The fourth-order valence-electron chi connectivity index (χ4n) is 2.35. The summed E-state index contributed by atoms with van der Waals surface area (Å²) in [6, 6.07) is 10.3. The Morgan fingerprint density at radius 1 is 1.26 bits per heavy atom. The van der Waals surface area contributed by atoms with Gasteiger partial charge in [0.1, 0.15) is 0 Å². The third-order valence-electron chi connectivity index (χ3n) is 3.65. The fraction of sp³-hybridized carbons (Fsp3) is 0.0526. The lowest BCUT2D eigenvalue weighted by Gasteiger charge is -2.08. The Balaban J connectivity index is 1.73. The number of aliphatic imine (C=N–C) groups is 1. The van der Waals surface area contributed by atoms with Crippen LogP contribution in [0.2, 0.25) is 5.02 Å². The minimum atomic E-state index is -0.375. The third kappa shape index (κ3) is 4.32. The Hall–Kier alpha value is -2.77. The number of hydrogen-bond acceptors (Lipinski definition) is 5. The van der Waals surface area contributed by atoms with Gasteiger partial charge in [-0.3, -0.25) is 9.79 Å². The van der Waals surface area contributed by atoms with Crippen LogP contribution < -0.4 is 20.5 Å². The molecule has 0 spiro atoms. The molecule has 0 bridgehead atoms. The molecular formula is C19H15BrClN3O3. The second-order valence-corrected chi connectivity index (χ2v) is 6.72.